The molecule has 1 saturated heterocycles. The van der Waals surface area contributed by atoms with E-state index in [4.69, 9.17) is 4.42 Å². The smallest absolute Gasteiger partial charge is 0.198 e. The van der Waals surface area contributed by atoms with Crippen LogP contribution in [0.5, 0.6) is 0 Å². The molecule has 2 unspecified atom stereocenters. The summed E-state index contributed by atoms with van der Waals surface area (Å²) >= 11 is 0. The van der Waals surface area contributed by atoms with Gasteiger partial charge < -0.3 is 14.6 Å². The van der Waals surface area contributed by atoms with E-state index in [0.29, 0.717) is 12.0 Å². The van der Waals surface area contributed by atoms with Crippen molar-refractivity contribution in [1.82, 2.24) is 15.2 Å². The van der Waals surface area contributed by atoms with Crippen LogP contribution in [0.4, 0.5) is 0 Å². The van der Waals surface area contributed by atoms with Gasteiger partial charge in [-0.25, -0.2) is 4.98 Å². The molecule has 0 spiro atoms. The summed E-state index contributed by atoms with van der Waals surface area (Å²) < 4.78 is 5.58. The van der Waals surface area contributed by atoms with E-state index < -0.39 is 0 Å². The fourth-order valence-electron chi connectivity index (χ4n) is 2.16. The van der Waals surface area contributed by atoms with E-state index in [2.05, 4.69) is 29.2 Å². The molecule has 0 radical (unpaired) electrons. The van der Waals surface area contributed by atoms with E-state index in [9.17, 15) is 0 Å². The highest BCUT2D eigenvalue weighted by Crippen LogP contribution is 2.25. The van der Waals surface area contributed by atoms with Crippen molar-refractivity contribution in [1.29, 1.82) is 0 Å². The van der Waals surface area contributed by atoms with Crippen molar-refractivity contribution in [3.63, 3.8) is 0 Å². The zero-order valence-corrected chi connectivity index (χ0v) is 10.4. The predicted molar refractivity (Wildman–Crippen MR) is 63.6 cm³/mol. The molecule has 1 aliphatic heterocycles. The summed E-state index contributed by atoms with van der Waals surface area (Å²) in [6.45, 7) is 4.37. The van der Waals surface area contributed by atoms with Crippen LogP contribution in [-0.2, 0) is 6.42 Å². The van der Waals surface area contributed by atoms with Crippen LogP contribution in [-0.4, -0.2) is 43.1 Å². The first-order valence-electron chi connectivity index (χ1n) is 5.99. The van der Waals surface area contributed by atoms with Crippen LogP contribution in [0, 0.1) is 0 Å². The SMILES string of the molecule is CNC(C)Cc1coc(C2CCN(C)C2)n1. The summed E-state index contributed by atoms with van der Waals surface area (Å²) in [6.07, 6.45) is 3.90. The molecule has 90 valence electrons. The standard InChI is InChI=1S/C12H21N3O/c1-9(13-2)6-11-8-16-12(14-11)10-4-5-15(3)7-10/h8-10,13H,4-7H2,1-3H3. The van der Waals surface area contributed by atoms with Gasteiger partial charge in [-0.3, -0.25) is 0 Å². The Morgan fingerprint density at radius 2 is 2.50 bits per heavy atom. The summed E-state index contributed by atoms with van der Waals surface area (Å²) in [5.41, 5.74) is 1.06. The molecule has 2 heterocycles. The van der Waals surface area contributed by atoms with Gasteiger partial charge in [0.2, 0.25) is 0 Å². The molecular formula is C12H21N3O. The Labute approximate surface area is 97.0 Å². The van der Waals surface area contributed by atoms with Crippen molar-refractivity contribution in [3.05, 3.63) is 17.8 Å². The molecule has 0 saturated carbocycles. The number of oxazole rings is 1. The number of aromatic nitrogens is 1. The number of nitrogens with one attached hydrogen (secondary N) is 1. The predicted octanol–water partition coefficient (Wildman–Crippen LogP) is 1.24. The lowest BCUT2D eigenvalue weighted by atomic mass is 10.1. The number of hydrogen-bond acceptors (Lipinski definition) is 4. The lowest BCUT2D eigenvalue weighted by Crippen LogP contribution is -2.23. The van der Waals surface area contributed by atoms with Gasteiger partial charge in [-0.1, -0.05) is 0 Å². The number of rotatable bonds is 4. The molecule has 0 aromatic carbocycles. The van der Waals surface area contributed by atoms with Crippen molar-refractivity contribution >= 4 is 0 Å². The average Bonchev–Trinajstić information content (AvgIpc) is 2.87. The molecule has 1 N–H and O–H groups in total. The highest BCUT2D eigenvalue weighted by atomic mass is 16.3. The maximum Gasteiger partial charge on any atom is 0.198 e. The summed E-state index contributed by atoms with van der Waals surface area (Å²) in [5.74, 6) is 1.41. The van der Waals surface area contributed by atoms with Crippen LogP contribution in [0.15, 0.2) is 10.7 Å². The van der Waals surface area contributed by atoms with Gasteiger partial charge in [0.25, 0.3) is 0 Å². The van der Waals surface area contributed by atoms with Crippen LogP contribution in [0.1, 0.15) is 30.8 Å². The first kappa shape index (κ1) is 11.6. The molecule has 1 aromatic heterocycles. The van der Waals surface area contributed by atoms with E-state index in [1.807, 2.05) is 13.3 Å². The van der Waals surface area contributed by atoms with Crippen molar-refractivity contribution in [2.24, 2.45) is 0 Å². The van der Waals surface area contributed by atoms with Gasteiger partial charge in [0.15, 0.2) is 5.89 Å². The lowest BCUT2D eigenvalue weighted by Gasteiger charge is -2.07. The van der Waals surface area contributed by atoms with Gasteiger partial charge in [0.1, 0.15) is 6.26 Å². The minimum Gasteiger partial charge on any atom is -0.448 e. The second kappa shape index (κ2) is 4.97. The zero-order chi connectivity index (χ0) is 11.5. The van der Waals surface area contributed by atoms with Crippen LogP contribution >= 0.6 is 0 Å². The molecule has 2 rings (SSSR count). The quantitative estimate of drug-likeness (QED) is 0.834. The van der Waals surface area contributed by atoms with Crippen molar-refractivity contribution < 1.29 is 4.42 Å². The molecule has 0 amide bonds. The zero-order valence-electron chi connectivity index (χ0n) is 10.4. The first-order chi connectivity index (χ1) is 7.69. The summed E-state index contributed by atoms with van der Waals surface area (Å²) in [6, 6.07) is 0.448. The first-order valence-corrected chi connectivity index (χ1v) is 5.99. The third-order valence-corrected chi connectivity index (χ3v) is 3.32. The number of nitrogens with zero attached hydrogens (tertiary/aromatic N) is 2. The Balaban J connectivity index is 1.97. The normalized spacial score (nSPS) is 23.8. The fraction of sp³-hybridized carbons (Fsp3) is 0.750. The average molecular weight is 223 g/mol. The highest BCUT2D eigenvalue weighted by Gasteiger charge is 2.25. The topological polar surface area (TPSA) is 41.3 Å². The molecule has 1 aliphatic rings. The maximum atomic E-state index is 5.58. The van der Waals surface area contributed by atoms with Crippen LogP contribution in [0.3, 0.4) is 0 Å². The lowest BCUT2D eigenvalue weighted by molar-refractivity contribution is 0.392. The summed E-state index contributed by atoms with van der Waals surface area (Å²) in [4.78, 5) is 6.91. The van der Waals surface area contributed by atoms with Crippen molar-refractivity contribution in [2.75, 3.05) is 27.2 Å². The summed E-state index contributed by atoms with van der Waals surface area (Å²) in [5, 5.41) is 3.21. The summed E-state index contributed by atoms with van der Waals surface area (Å²) in [7, 11) is 4.12. The molecule has 1 aromatic rings. The van der Waals surface area contributed by atoms with Crippen LogP contribution < -0.4 is 5.32 Å². The van der Waals surface area contributed by atoms with Crippen LogP contribution in [0.2, 0.25) is 0 Å². The Bertz CT molecular complexity index is 337. The van der Waals surface area contributed by atoms with Gasteiger partial charge in [0, 0.05) is 24.9 Å². The second-order valence-corrected chi connectivity index (χ2v) is 4.82. The van der Waals surface area contributed by atoms with Gasteiger partial charge in [-0.05, 0) is 34.0 Å². The van der Waals surface area contributed by atoms with E-state index >= 15 is 0 Å². The third kappa shape index (κ3) is 2.62. The Morgan fingerprint density at radius 3 is 3.12 bits per heavy atom. The van der Waals surface area contributed by atoms with Crippen molar-refractivity contribution in [2.45, 2.75) is 31.7 Å². The second-order valence-electron chi connectivity index (χ2n) is 4.82. The van der Waals surface area contributed by atoms with Gasteiger partial charge in [0.05, 0.1) is 5.69 Å². The molecule has 0 bridgehead atoms. The van der Waals surface area contributed by atoms with Crippen molar-refractivity contribution in [3.8, 4) is 0 Å². The molecule has 4 nitrogen and oxygen atoms in total. The molecule has 0 aliphatic carbocycles. The Hall–Kier alpha value is -0.870. The number of hydrogen-bond donors (Lipinski definition) is 1. The molecule has 2 atom stereocenters. The molecule has 1 fully saturated rings. The fourth-order valence-corrected chi connectivity index (χ4v) is 2.16. The highest BCUT2D eigenvalue weighted by molar-refractivity contribution is 5.04. The van der Waals surface area contributed by atoms with E-state index in [0.717, 1.165) is 37.5 Å². The Kier molecular flexibility index (Phi) is 3.61. The third-order valence-electron chi connectivity index (χ3n) is 3.32. The minimum atomic E-state index is 0.448. The number of likely N-dealkylation sites (N-methyl/N-ethyl adjacent to an activating group) is 2. The molecule has 4 heteroatoms. The molecule has 16 heavy (non-hydrogen) atoms. The van der Waals surface area contributed by atoms with E-state index in [-0.39, 0.29) is 0 Å². The van der Waals surface area contributed by atoms with Gasteiger partial charge in [-0.2, -0.15) is 0 Å². The monoisotopic (exact) mass is 223 g/mol. The largest absolute Gasteiger partial charge is 0.448 e. The Morgan fingerprint density at radius 1 is 1.69 bits per heavy atom. The van der Waals surface area contributed by atoms with Crippen LogP contribution in [0.25, 0.3) is 0 Å². The maximum absolute atomic E-state index is 5.58. The minimum absolute atomic E-state index is 0.448. The van der Waals surface area contributed by atoms with E-state index in [1.165, 1.54) is 0 Å². The van der Waals surface area contributed by atoms with Gasteiger partial charge in [-0.15, -0.1) is 0 Å². The van der Waals surface area contributed by atoms with E-state index in [1.54, 1.807) is 0 Å². The number of likely N-dealkylation sites (tertiary alicyclic amines) is 1. The van der Waals surface area contributed by atoms with Gasteiger partial charge >= 0.3 is 0 Å². The molecular weight excluding hydrogens is 202 g/mol.